The maximum absolute atomic E-state index is 13.4. The summed E-state index contributed by atoms with van der Waals surface area (Å²) in [7, 11) is 0.450. The van der Waals surface area contributed by atoms with Crippen molar-refractivity contribution in [2.24, 2.45) is 0 Å². The lowest BCUT2D eigenvalue weighted by molar-refractivity contribution is 0.0791. The van der Waals surface area contributed by atoms with Gasteiger partial charge in [0.15, 0.2) is 11.5 Å². The lowest BCUT2D eigenvalue weighted by Gasteiger charge is -2.28. The van der Waals surface area contributed by atoms with Crippen molar-refractivity contribution in [3.05, 3.63) is 29.5 Å². The number of amides is 1. The summed E-state index contributed by atoms with van der Waals surface area (Å²) >= 11 is 3.44. The number of fused-ring (bicyclic) bond motifs is 2. The van der Waals surface area contributed by atoms with E-state index in [-0.39, 0.29) is 11.9 Å². The van der Waals surface area contributed by atoms with Gasteiger partial charge in [-0.25, -0.2) is 0 Å². The molecule has 1 aromatic rings. The Balaban J connectivity index is 1.91. The van der Waals surface area contributed by atoms with E-state index in [1.54, 1.807) is 7.11 Å². The number of halogens is 1. The molecule has 1 aromatic carbocycles. The lowest BCUT2D eigenvalue weighted by atomic mass is 10.1. The zero-order chi connectivity index (χ0) is 22.6. The zero-order valence-electron chi connectivity index (χ0n) is 19.4. The highest BCUT2D eigenvalue weighted by atomic mass is 79.9. The molecule has 0 saturated carbocycles. The summed E-state index contributed by atoms with van der Waals surface area (Å²) in [5.74, 6) is 1.25. The van der Waals surface area contributed by atoms with Crippen molar-refractivity contribution in [3.63, 3.8) is 0 Å². The number of benzene rings is 1. The molecule has 0 radical (unpaired) electrons. The van der Waals surface area contributed by atoms with E-state index >= 15 is 0 Å². The van der Waals surface area contributed by atoms with Gasteiger partial charge in [-0.3, -0.25) is 4.79 Å². The summed E-state index contributed by atoms with van der Waals surface area (Å²) in [6.45, 7) is 11.6. The predicted molar refractivity (Wildman–Crippen MR) is 132 cm³/mol. The Morgan fingerprint density at radius 3 is 2.65 bits per heavy atom. The van der Waals surface area contributed by atoms with Crippen molar-refractivity contribution in [1.82, 2.24) is 4.90 Å². The van der Waals surface area contributed by atoms with Crippen LogP contribution >= 0.6 is 15.9 Å². The van der Waals surface area contributed by atoms with Crippen molar-refractivity contribution < 1.29 is 19.0 Å². The van der Waals surface area contributed by atoms with E-state index in [1.807, 2.05) is 23.2 Å². The van der Waals surface area contributed by atoms with E-state index in [1.165, 1.54) is 5.57 Å². The smallest absolute Gasteiger partial charge is 0.260 e. The number of rotatable bonds is 10. The maximum atomic E-state index is 13.4. The molecule has 0 fully saturated rings. The lowest BCUT2D eigenvalue weighted by Crippen LogP contribution is -2.39. The minimum atomic E-state index is -1.16. The molecular formula is C23H35BrN2O4Si. The molecule has 172 valence electrons. The Labute approximate surface area is 195 Å². The van der Waals surface area contributed by atoms with Crippen molar-refractivity contribution >= 4 is 35.6 Å². The first-order chi connectivity index (χ1) is 14.7. The number of hydrogen-bond donors (Lipinski definition) is 0. The molecule has 31 heavy (non-hydrogen) atoms. The van der Waals surface area contributed by atoms with Gasteiger partial charge in [0, 0.05) is 38.8 Å². The third-order valence-corrected chi connectivity index (χ3v) is 7.87. The maximum Gasteiger partial charge on any atom is 0.260 e. The number of alkyl halides is 1. The van der Waals surface area contributed by atoms with Gasteiger partial charge in [-0.05, 0) is 31.9 Å². The topological polar surface area (TPSA) is 51.2 Å². The molecule has 0 bridgehead atoms. The Morgan fingerprint density at radius 2 is 1.97 bits per heavy atom. The van der Waals surface area contributed by atoms with Crippen molar-refractivity contribution in [2.45, 2.75) is 51.5 Å². The number of hydrogen-bond acceptors (Lipinski definition) is 5. The molecule has 2 aliphatic heterocycles. The molecule has 0 N–H and O–H groups in total. The highest BCUT2D eigenvalue weighted by Gasteiger charge is 2.36. The molecule has 0 aromatic heterocycles. The first kappa shape index (κ1) is 24.1. The third-order valence-electron chi connectivity index (χ3n) is 5.61. The third kappa shape index (κ3) is 6.05. The number of carbonyl (C=O) groups is 1. The molecule has 3 rings (SSSR count). The minimum Gasteiger partial charge on any atom is -0.493 e. The highest BCUT2D eigenvalue weighted by molar-refractivity contribution is 9.09. The Kier molecular flexibility index (Phi) is 8.10. The fraction of sp³-hybridized carbons (Fsp3) is 0.609. The van der Waals surface area contributed by atoms with Gasteiger partial charge >= 0.3 is 0 Å². The molecular weight excluding hydrogens is 476 g/mol. The quantitative estimate of drug-likeness (QED) is 0.248. The van der Waals surface area contributed by atoms with Gasteiger partial charge in [0.1, 0.15) is 6.73 Å². The van der Waals surface area contributed by atoms with Gasteiger partial charge in [0.2, 0.25) is 0 Å². The first-order valence-electron chi connectivity index (χ1n) is 11.0. The van der Waals surface area contributed by atoms with Gasteiger partial charge in [0.25, 0.3) is 5.91 Å². The summed E-state index contributed by atoms with van der Waals surface area (Å²) < 4.78 is 17.7. The predicted octanol–water partition coefficient (Wildman–Crippen LogP) is 5.11. The van der Waals surface area contributed by atoms with Gasteiger partial charge in [-0.2, -0.15) is 0 Å². The van der Waals surface area contributed by atoms with E-state index in [9.17, 15) is 4.79 Å². The van der Waals surface area contributed by atoms with Crippen LogP contribution in [0, 0.1) is 0 Å². The van der Waals surface area contributed by atoms with E-state index in [4.69, 9.17) is 14.2 Å². The summed E-state index contributed by atoms with van der Waals surface area (Å²) in [5.41, 5.74) is 2.71. The Hall–Kier alpha value is -1.51. The molecule has 2 heterocycles. The van der Waals surface area contributed by atoms with Crippen LogP contribution in [0.4, 0.5) is 5.69 Å². The van der Waals surface area contributed by atoms with Gasteiger partial charge < -0.3 is 24.0 Å². The van der Waals surface area contributed by atoms with Crippen LogP contribution in [0.5, 0.6) is 11.5 Å². The van der Waals surface area contributed by atoms with E-state index in [0.717, 1.165) is 43.1 Å². The second-order valence-corrected chi connectivity index (χ2v) is 15.9. The van der Waals surface area contributed by atoms with Gasteiger partial charge in [0.05, 0.1) is 31.0 Å². The van der Waals surface area contributed by atoms with Crippen LogP contribution in [-0.2, 0) is 4.74 Å². The summed E-state index contributed by atoms with van der Waals surface area (Å²) in [5, 5.41) is 0.873. The average molecular weight is 512 g/mol. The molecule has 6 nitrogen and oxygen atoms in total. The van der Waals surface area contributed by atoms with Crippen LogP contribution in [0.1, 0.15) is 30.1 Å². The molecule has 1 amide bonds. The number of carbonyl (C=O) groups excluding carboxylic acids is 1. The van der Waals surface area contributed by atoms with Crippen LogP contribution < -0.4 is 14.4 Å². The number of nitrogens with zero attached hydrogens (tertiary/aromatic N) is 2. The highest BCUT2D eigenvalue weighted by Crippen LogP contribution is 2.40. The second kappa shape index (κ2) is 10.4. The summed E-state index contributed by atoms with van der Waals surface area (Å²) in [6, 6.07) is 5.00. The molecule has 8 heteroatoms. The summed E-state index contributed by atoms with van der Waals surface area (Å²) in [4.78, 5) is 17.5. The van der Waals surface area contributed by atoms with Crippen molar-refractivity contribution in [3.8, 4) is 11.5 Å². The van der Waals surface area contributed by atoms with E-state index < -0.39 is 8.07 Å². The molecule has 0 saturated heterocycles. The van der Waals surface area contributed by atoms with Crippen LogP contribution in [0.25, 0.3) is 0 Å². The summed E-state index contributed by atoms with van der Waals surface area (Å²) in [6.07, 6.45) is 3.76. The first-order valence-corrected chi connectivity index (χ1v) is 15.8. The van der Waals surface area contributed by atoms with Crippen LogP contribution in [0.3, 0.4) is 0 Å². The van der Waals surface area contributed by atoms with Gasteiger partial charge in [-0.15, -0.1) is 0 Å². The van der Waals surface area contributed by atoms with Crippen LogP contribution in [-0.4, -0.2) is 63.9 Å². The molecule has 2 aliphatic rings. The van der Waals surface area contributed by atoms with E-state index in [0.29, 0.717) is 30.4 Å². The standard InChI is InChI=1S/C23H35BrN2O4Si/c1-17-11-18-15-25(16-29-9-10-31(3,4)5)20-13-22(30-8-6-7-24)21(28-2)12-19(20)23(27)26(18)14-17/h12-14,18H,6-11,15-16H2,1-5H3/t18-/m0/s1. The van der Waals surface area contributed by atoms with Gasteiger partial charge in [-0.1, -0.05) is 41.1 Å². The molecule has 0 unspecified atom stereocenters. The van der Waals surface area contributed by atoms with Crippen LogP contribution in [0.15, 0.2) is 23.9 Å². The Morgan fingerprint density at radius 1 is 1.19 bits per heavy atom. The number of anilines is 1. The number of ether oxygens (including phenoxy) is 3. The number of methoxy groups -OCH3 is 1. The Bertz CT molecular complexity index is 825. The SMILES string of the molecule is COc1cc2c(cc1OCCCBr)N(COCC[Si](C)(C)C)C[C@@H]1CC(C)=CN1C2=O. The monoisotopic (exact) mass is 510 g/mol. The fourth-order valence-corrected chi connectivity index (χ4v) is 4.89. The fourth-order valence-electron chi connectivity index (χ4n) is 3.90. The molecule has 1 atom stereocenters. The molecule has 0 spiro atoms. The largest absolute Gasteiger partial charge is 0.493 e. The van der Waals surface area contributed by atoms with Crippen LogP contribution in [0.2, 0.25) is 25.7 Å². The second-order valence-electron chi connectivity index (χ2n) is 9.53. The minimum absolute atomic E-state index is 0.00626. The van der Waals surface area contributed by atoms with Crippen molar-refractivity contribution in [1.29, 1.82) is 0 Å². The molecule has 0 aliphatic carbocycles. The normalized spacial score (nSPS) is 18.5. The van der Waals surface area contributed by atoms with E-state index in [2.05, 4.69) is 47.4 Å². The zero-order valence-corrected chi connectivity index (χ0v) is 22.0. The average Bonchev–Trinajstić information content (AvgIpc) is 3.04. The van der Waals surface area contributed by atoms with Crippen molar-refractivity contribution in [2.75, 3.05) is 43.8 Å².